The van der Waals surface area contributed by atoms with Crippen molar-refractivity contribution < 1.29 is 0 Å². The highest BCUT2D eigenvalue weighted by atomic mass is 15.2. The molecule has 0 saturated carbocycles. The lowest BCUT2D eigenvalue weighted by molar-refractivity contribution is 0.275. The molecule has 2 aromatic carbocycles. The Morgan fingerprint density at radius 2 is 0.231 bits per heavy atom. The second-order valence-electron chi connectivity index (χ2n) is 44.5. The molecule has 0 saturated heterocycles. The van der Waals surface area contributed by atoms with Crippen LogP contribution in [-0.2, 0) is 0 Å². The topological polar surface area (TPSA) is 19.4 Å². The van der Waals surface area contributed by atoms with Gasteiger partial charge in [-0.25, -0.2) is 0 Å². The van der Waals surface area contributed by atoms with E-state index in [1.54, 1.807) is 0 Å². The van der Waals surface area contributed by atoms with Crippen LogP contribution in [0.15, 0.2) is 48.5 Å². The zero-order valence-electron chi connectivity index (χ0n) is 93.1. The molecule has 0 radical (unpaired) electrons. The summed E-state index contributed by atoms with van der Waals surface area (Å²) in [5.74, 6) is 0. The van der Waals surface area contributed by atoms with Crippen LogP contribution in [-0.4, -0.2) is 101 Å². The van der Waals surface area contributed by atoms with Crippen LogP contribution in [0, 0.1) is 0 Å². The summed E-state index contributed by atoms with van der Waals surface area (Å²) < 4.78 is 0. The molecule has 788 valence electrons. The number of unbranched alkanes of at least 4 members (excludes halogenated alkanes) is 90. The smallest absolute Gasteiger partial charge is 0.0387 e. The fourth-order valence-corrected chi connectivity index (χ4v) is 22.1. The molecule has 0 fully saturated rings. The van der Waals surface area contributed by atoms with Gasteiger partial charge in [-0.15, -0.1) is 0 Å². The molecule has 3 rings (SSSR count). The first-order valence-electron chi connectivity index (χ1n) is 63.2. The Hall–Kier alpha value is -2.44. The van der Waals surface area contributed by atoms with Gasteiger partial charge in [0.15, 0.2) is 0 Å². The monoisotopic (exact) mass is 1870 g/mol. The Kier molecular flexibility index (Phi) is 97.0. The molecule has 1 heterocycles. The summed E-state index contributed by atoms with van der Waals surface area (Å²) >= 11 is 0. The lowest BCUT2D eigenvalue weighted by Gasteiger charge is -2.35. The number of rotatable bonds is 102. The van der Waals surface area contributed by atoms with Crippen molar-refractivity contribution in [3.8, 4) is 0 Å². The van der Waals surface area contributed by atoms with Gasteiger partial charge in [-0.1, -0.05) is 632 Å². The van der Waals surface area contributed by atoms with Gasteiger partial charge < -0.3 is 19.6 Å². The number of fused-ring (bicyclic) bond motifs is 4. The van der Waals surface area contributed by atoms with Gasteiger partial charge in [0.05, 0.1) is 0 Å². The van der Waals surface area contributed by atoms with Crippen LogP contribution in [0.3, 0.4) is 0 Å². The molecule has 0 unspecified atom stereocenters. The minimum Gasteiger partial charge on any atom is -0.370 e. The standard InChI is InChI=1S/C128H246N6/c1-7-13-19-25-31-37-43-49-55-61-67-73-79-85-91-97-109-129-115-119-131(111-99-93-87-81-75-69-63-57-51-45-39-33-27-21-15-9-3)125-105-103-107-127(123-125)133(113-101-95-89-83-77-71-65-59-53-47-41-35-29-23-17-11-5)121-117-130(110-98-92-86-80-74-68-62-56-50-44-38-32-26-20-14-8-2)118-122-134(114-102-96-90-84-78-72-66-60-54-48-42-36-30-24-18-12-6)128-108-104-106-126(124-128)132(120-116-129)112-100-94-88-82-76-70-64-58-52-46-40-34-28-22-16-10-4/h103-108,123-124H,7-102,109-122H2,1-6H3. The molecule has 2 aromatic rings. The molecule has 0 atom stereocenters. The van der Waals surface area contributed by atoms with E-state index in [0.717, 1.165) is 52.4 Å². The first-order valence-corrected chi connectivity index (χ1v) is 63.2. The molecule has 6 nitrogen and oxygen atoms in total. The molecule has 0 aliphatic carbocycles. The molecular formula is C128H246N6. The molecule has 134 heavy (non-hydrogen) atoms. The van der Waals surface area contributed by atoms with Crippen molar-refractivity contribution in [2.24, 2.45) is 0 Å². The lowest BCUT2D eigenvalue weighted by Crippen LogP contribution is -2.42. The Morgan fingerprint density at radius 3 is 0.351 bits per heavy atom. The summed E-state index contributed by atoms with van der Waals surface area (Å²) in [6.07, 6.45) is 137. The van der Waals surface area contributed by atoms with Crippen molar-refractivity contribution in [1.82, 2.24) is 9.80 Å². The largest absolute Gasteiger partial charge is 0.370 e. The molecular weight excluding hydrogens is 1620 g/mol. The molecule has 1 aliphatic rings. The summed E-state index contributed by atoms with van der Waals surface area (Å²) in [5, 5.41) is 0. The number of benzene rings is 2. The van der Waals surface area contributed by atoms with Crippen LogP contribution in [0.2, 0.25) is 0 Å². The van der Waals surface area contributed by atoms with E-state index in [2.05, 4.69) is 119 Å². The van der Waals surface area contributed by atoms with Crippen LogP contribution < -0.4 is 19.6 Å². The molecule has 4 bridgehead atoms. The predicted molar refractivity (Wildman–Crippen MR) is 612 cm³/mol. The van der Waals surface area contributed by atoms with Gasteiger partial charge in [0.25, 0.3) is 0 Å². The van der Waals surface area contributed by atoms with Crippen LogP contribution in [0.5, 0.6) is 0 Å². The van der Waals surface area contributed by atoms with E-state index in [1.165, 1.54) is 678 Å². The Morgan fingerprint density at radius 1 is 0.127 bits per heavy atom. The summed E-state index contributed by atoms with van der Waals surface area (Å²) in [6, 6.07) is 20.7. The van der Waals surface area contributed by atoms with E-state index in [1.807, 2.05) is 0 Å². The third-order valence-electron chi connectivity index (χ3n) is 31.6. The molecule has 1 aliphatic heterocycles. The van der Waals surface area contributed by atoms with Crippen molar-refractivity contribution >= 4 is 22.7 Å². The average Bonchev–Trinajstić information content (AvgIpc) is 0.844. The lowest BCUT2D eigenvalue weighted by atomic mass is 10.0. The first kappa shape index (κ1) is 126. The number of hydrogen-bond acceptors (Lipinski definition) is 6. The van der Waals surface area contributed by atoms with E-state index in [9.17, 15) is 0 Å². The van der Waals surface area contributed by atoms with Gasteiger partial charge in [0.1, 0.15) is 0 Å². The second kappa shape index (κ2) is 103. The highest BCUT2D eigenvalue weighted by Gasteiger charge is 2.20. The molecule has 0 spiro atoms. The van der Waals surface area contributed by atoms with Gasteiger partial charge in [-0.2, -0.15) is 0 Å². The highest BCUT2D eigenvalue weighted by Crippen LogP contribution is 2.30. The maximum absolute atomic E-state index is 3.00. The summed E-state index contributed by atoms with van der Waals surface area (Å²) in [7, 11) is 0. The molecule has 0 aromatic heterocycles. The molecule has 6 heteroatoms. The maximum Gasteiger partial charge on any atom is 0.0387 e. The van der Waals surface area contributed by atoms with Crippen molar-refractivity contribution in [3.63, 3.8) is 0 Å². The SMILES string of the molecule is CCCCCCCCCCCCCCCCCCN1CCN(CCCCCCCCCCCCCCCCCC)c2cccc(c2)N(CCCCCCCCCCCCCCCCCC)CCN(CCCCCCCCCCCCCCCCCC)CCN(CCCCCCCCCCCCCCCCCC)c2cccc(c2)N(CCCCCCCCCCCCCCCCCC)CC1. The number of nitrogens with zero attached hydrogens (tertiary/aromatic N) is 6. The predicted octanol–water partition coefficient (Wildman–Crippen LogP) is 42.8. The highest BCUT2D eigenvalue weighted by molar-refractivity contribution is 5.61. The van der Waals surface area contributed by atoms with Crippen LogP contribution in [0.1, 0.15) is 658 Å². The Balaban J connectivity index is 2.04. The van der Waals surface area contributed by atoms with Crippen LogP contribution in [0.25, 0.3) is 0 Å². The Bertz CT molecular complexity index is 2250. The Labute approximate surface area is 844 Å². The number of hydrogen-bond donors (Lipinski definition) is 0. The fraction of sp³-hybridized carbons (Fsp3) is 0.906. The van der Waals surface area contributed by atoms with Crippen LogP contribution in [0.4, 0.5) is 22.7 Å². The van der Waals surface area contributed by atoms with Gasteiger partial charge in [-0.3, -0.25) is 9.80 Å². The van der Waals surface area contributed by atoms with Crippen molar-refractivity contribution in [2.45, 2.75) is 658 Å². The van der Waals surface area contributed by atoms with E-state index < -0.39 is 0 Å². The quantitative estimate of drug-likeness (QED) is 0.0611. The van der Waals surface area contributed by atoms with Crippen molar-refractivity contribution in [3.05, 3.63) is 48.5 Å². The molecule has 0 N–H and O–H groups in total. The fourth-order valence-electron chi connectivity index (χ4n) is 22.1. The van der Waals surface area contributed by atoms with Crippen molar-refractivity contribution in [2.75, 3.05) is 111 Å². The van der Waals surface area contributed by atoms with E-state index in [4.69, 9.17) is 0 Å². The van der Waals surface area contributed by atoms with Gasteiger partial charge in [0, 0.05) is 101 Å². The average molecular weight is 1870 g/mol. The summed E-state index contributed by atoms with van der Waals surface area (Å²) in [5.41, 5.74) is 5.98. The minimum atomic E-state index is 1.12. The second-order valence-corrected chi connectivity index (χ2v) is 44.5. The minimum absolute atomic E-state index is 1.12. The van der Waals surface area contributed by atoms with E-state index >= 15 is 0 Å². The first-order chi connectivity index (χ1) is 66.6. The normalized spacial score (nSPS) is 13.6. The third kappa shape index (κ3) is 82.0. The maximum atomic E-state index is 3.00. The number of anilines is 4. The third-order valence-corrected chi connectivity index (χ3v) is 31.6. The van der Waals surface area contributed by atoms with Gasteiger partial charge in [-0.05, 0) is 88.0 Å². The van der Waals surface area contributed by atoms with Gasteiger partial charge in [0.2, 0.25) is 0 Å². The van der Waals surface area contributed by atoms with Crippen LogP contribution >= 0.6 is 0 Å². The summed E-state index contributed by atoms with van der Waals surface area (Å²) in [6.45, 7) is 30.3. The van der Waals surface area contributed by atoms with Crippen molar-refractivity contribution in [1.29, 1.82) is 0 Å². The molecule has 0 amide bonds. The van der Waals surface area contributed by atoms with E-state index in [0.29, 0.717) is 0 Å². The zero-order valence-corrected chi connectivity index (χ0v) is 93.1. The zero-order chi connectivity index (χ0) is 95.2. The van der Waals surface area contributed by atoms with E-state index in [-0.39, 0.29) is 0 Å². The van der Waals surface area contributed by atoms with Gasteiger partial charge >= 0.3 is 0 Å². The summed E-state index contributed by atoms with van der Waals surface area (Å²) in [4.78, 5) is 17.7.